The van der Waals surface area contributed by atoms with Gasteiger partial charge in [-0.25, -0.2) is 9.97 Å². The molecular weight excluding hydrogens is 703 g/mol. The van der Waals surface area contributed by atoms with Crippen LogP contribution in [0.25, 0.3) is 0 Å². The number of aromatic nitrogens is 4. The van der Waals surface area contributed by atoms with Gasteiger partial charge in [0.15, 0.2) is 5.11 Å². The molecule has 2 aromatic heterocycles. The van der Waals surface area contributed by atoms with Crippen molar-refractivity contribution in [3.05, 3.63) is 96.1 Å². The van der Waals surface area contributed by atoms with Gasteiger partial charge < -0.3 is 5.73 Å². The van der Waals surface area contributed by atoms with Crippen molar-refractivity contribution < 1.29 is 29.1 Å². The average Bonchev–Trinajstić information content (AvgIpc) is 3.64. The molecule has 0 amide bonds. The third-order valence-electron chi connectivity index (χ3n) is 4.60. The smallest absolute Gasteiger partial charge is 0.399 e. The number of nitrogens with zero attached hydrogens (tertiary/aromatic N) is 6. The van der Waals surface area contributed by atoms with Crippen LogP contribution in [0.1, 0.15) is 25.0 Å². The first kappa shape index (κ1) is 31.9. The maximum Gasteiger partial charge on any atom is 0.417 e. The van der Waals surface area contributed by atoms with E-state index < -0.39 is 33.9 Å². The first-order valence-electron chi connectivity index (χ1n) is 11.8. The fraction of sp³-hybridized carbons (Fsp3) is 0.160. The number of nitrogens with two attached hydrogens (primary N) is 1. The van der Waals surface area contributed by atoms with Gasteiger partial charge in [0.05, 0.1) is 22.8 Å². The second-order valence-corrected chi connectivity index (χ2v) is 8.53. The highest BCUT2D eigenvalue weighted by atomic mass is 127. The van der Waals surface area contributed by atoms with Crippen molar-refractivity contribution in [2.24, 2.45) is 0 Å². The van der Waals surface area contributed by atoms with E-state index in [1.165, 1.54) is 31.2 Å². The van der Waals surface area contributed by atoms with Crippen LogP contribution in [0.4, 0.5) is 32.0 Å². The summed E-state index contributed by atoms with van der Waals surface area (Å²) in [6, 6.07) is 8.37. The number of aryl methyl sites for hydroxylation is 1. The van der Waals surface area contributed by atoms with Crippen LogP contribution in [0.3, 0.4) is 0 Å². The van der Waals surface area contributed by atoms with Crippen LogP contribution >= 0.6 is 46.6 Å². The quantitative estimate of drug-likeness (QED) is 0.0410. The summed E-state index contributed by atoms with van der Waals surface area (Å²) in [6.07, 6.45) is 1.39. The van der Waals surface area contributed by atoms with Crippen molar-refractivity contribution in [2.75, 3.05) is 10.6 Å². The molecule has 2 N–H and O–H groups in total. The number of nitrogen functional groups attached to an aromatic ring is 1. The van der Waals surface area contributed by atoms with Crippen LogP contribution in [0.2, 0.25) is 0 Å². The molecule has 16 heteroatoms. The molecule has 41 heavy (non-hydrogen) atoms. The summed E-state index contributed by atoms with van der Waals surface area (Å²) in [5, 5.41) is 19.1. The molecule has 7 nitrogen and oxygen atoms in total. The largest absolute Gasteiger partial charge is 0.417 e. The van der Waals surface area contributed by atoms with E-state index in [1.807, 2.05) is 0 Å². The summed E-state index contributed by atoms with van der Waals surface area (Å²) >= 11 is 7.54. The maximum absolute atomic E-state index is 12.4. The molecule has 4 aromatic rings. The summed E-state index contributed by atoms with van der Waals surface area (Å²) in [4.78, 5) is 7.40. The van der Waals surface area contributed by atoms with Gasteiger partial charge in [-0.3, -0.25) is 9.13 Å². The number of anilines is 1. The van der Waals surface area contributed by atoms with Gasteiger partial charge in [0, 0.05) is 38.1 Å². The van der Waals surface area contributed by atoms with Crippen molar-refractivity contribution in [2.45, 2.75) is 24.2 Å². The van der Waals surface area contributed by atoms with Gasteiger partial charge in [-0.2, -0.15) is 36.9 Å². The highest BCUT2D eigenvalue weighted by molar-refractivity contribution is 14.1. The normalized spacial score (nSPS) is 11.8. The molecule has 0 saturated heterocycles. The third-order valence-corrected chi connectivity index (χ3v) is 5.60. The van der Waals surface area contributed by atoms with Gasteiger partial charge in [0.2, 0.25) is 0 Å². The highest BCUT2D eigenvalue weighted by Gasteiger charge is 2.34. The van der Waals surface area contributed by atoms with Gasteiger partial charge in [0.25, 0.3) is 0 Å². The summed E-state index contributed by atoms with van der Waals surface area (Å²) in [5.74, 6) is 0. The number of alkyl halides is 7. The molecule has 4 rings (SSSR count). The fourth-order valence-corrected chi connectivity index (χ4v) is 3.43. The summed E-state index contributed by atoms with van der Waals surface area (Å²) in [7, 11) is 0. The lowest BCUT2D eigenvalue weighted by Crippen LogP contribution is -2.15. The summed E-state index contributed by atoms with van der Waals surface area (Å²) in [5.41, 5.74) is 3.24. The molecule has 0 aliphatic carbocycles. The minimum atomic E-state index is -4.53. The molecule has 2 heterocycles. The van der Waals surface area contributed by atoms with E-state index in [0.29, 0.717) is 10.0 Å². The Hall–Kier alpha value is -3.61. The molecule has 0 saturated carbocycles. The first-order chi connectivity index (χ1) is 20.0. The number of hydrogen-bond acceptors (Lipinski definition) is 7. The Kier molecular flexibility index (Phi) is 12.9. The van der Waals surface area contributed by atoms with Crippen molar-refractivity contribution in [1.82, 2.24) is 19.1 Å². The second-order valence-electron chi connectivity index (χ2n) is 7.30. The fourth-order valence-electron chi connectivity index (χ4n) is 2.79. The van der Waals surface area contributed by atoms with E-state index in [0.717, 1.165) is 30.0 Å². The number of hydrogen-bond donors (Lipinski definition) is 1. The number of thiocyanates is 1. The van der Waals surface area contributed by atoms with E-state index in [1.54, 1.807) is 74.6 Å². The zero-order valence-corrected chi connectivity index (χ0v) is 24.5. The molecule has 0 bridgehead atoms. The highest BCUT2D eigenvalue weighted by Crippen LogP contribution is 2.34. The van der Waals surface area contributed by atoms with E-state index >= 15 is 0 Å². The topological polar surface area (TPSA) is 109 Å². The van der Waals surface area contributed by atoms with Crippen LogP contribution in [0.5, 0.6) is 0 Å². The zero-order valence-electron chi connectivity index (χ0n) is 22.7. The number of thioether (sulfide) groups is 1. The lowest BCUT2D eigenvalue weighted by molar-refractivity contribution is -0.138. The molecule has 1 atom stereocenters. The predicted octanol–water partition coefficient (Wildman–Crippen LogP) is 7.56. The summed E-state index contributed by atoms with van der Waals surface area (Å²) < 4.78 is 89.7. The molecule has 0 radical (unpaired) electrons. The van der Waals surface area contributed by atoms with Gasteiger partial charge in [-0.05, 0) is 71.7 Å². The lowest BCUT2D eigenvalue weighted by Gasteiger charge is -2.10. The SMILES string of the molecule is Cc1ccc(SC#N)cc1C(F)(F)F.N#Cc1ccc(N)cc1C(F)(F)F.S=C(n1ccnc1)n1ccnc1.[2H]C([3H])I. The molecule has 0 spiro atoms. The molecule has 0 aliphatic heterocycles. The van der Waals surface area contributed by atoms with Gasteiger partial charge in [-0.15, -0.1) is 0 Å². The van der Waals surface area contributed by atoms with E-state index in [9.17, 15) is 26.3 Å². The van der Waals surface area contributed by atoms with Crippen LogP contribution in [-0.4, -0.2) is 29.1 Å². The molecule has 0 fully saturated rings. The van der Waals surface area contributed by atoms with Gasteiger partial charge in [-0.1, -0.05) is 28.7 Å². The minimum Gasteiger partial charge on any atom is -0.399 e. The van der Waals surface area contributed by atoms with Crippen molar-refractivity contribution in [3.63, 3.8) is 0 Å². The van der Waals surface area contributed by atoms with Crippen molar-refractivity contribution in [3.8, 4) is 11.5 Å². The molecule has 0 aliphatic rings. The molecule has 1 unspecified atom stereocenters. The Balaban J connectivity index is 0.000000304. The number of imidazole rings is 2. The van der Waals surface area contributed by atoms with Crippen LogP contribution in [-0.2, 0) is 12.4 Å². The Morgan fingerprint density at radius 2 is 1.56 bits per heavy atom. The van der Waals surface area contributed by atoms with Crippen LogP contribution < -0.4 is 5.73 Å². The maximum atomic E-state index is 12.4. The van der Waals surface area contributed by atoms with E-state index in [-0.39, 0.29) is 11.3 Å². The number of benzene rings is 2. The van der Waals surface area contributed by atoms with Crippen molar-refractivity contribution >= 4 is 57.4 Å². The van der Waals surface area contributed by atoms with Gasteiger partial charge in [0.1, 0.15) is 18.1 Å². The zero-order chi connectivity index (χ0) is 32.8. The Bertz CT molecular complexity index is 1490. The molecule has 2 aromatic carbocycles. The summed E-state index contributed by atoms with van der Waals surface area (Å²) in [6.45, 7) is 1.39. The minimum absolute atomic E-state index is 0.00803. The second kappa shape index (κ2) is 16.6. The molecular formula is C25H20F6IN7S2. The lowest BCUT2D eigenvalue weighted by atomic mass is 10.1. The number of thiocarbonyl (C=S) groups is 1. The third kappa shape index (κ3) is 11.4. The Morgan fingerprint density at radius 3 is 1.98 bits per heavy atom. The van der Waals surface area contributed by atoms with E-state index in [2.05, 4.69) is 9.97 Å². The average molecular weight is 727 g/mol. The number of halogens is 7. The first-order valence-corrected chi connectivity index (χ1v) is 13.1. The molecule has 216 valence electrons. The standard InChI is InChI=1S/C9H6F3NS.C8H5F3N2.C7H6N4S.CH3I/c1-6-2-3-7(14-5-13)4-8(6)9(10,11)12;9-8(10,11)7-3-6(13)2-1-5(7)4-12;12-7(10-3-1-8-5-10)11-4-2-9-6-11;1-2/h2-4H,1H3;1-3H,13H2;1-6H;1H3/i;;;1TD. The number of nitriles is 2. The van der Waals surface area contributed by atoms with Crippen LogP contribution in [0.15, 0.2) is 78.7 Å². The van der Waals surface area contributed by atoms with E-state index in [4.69, 9.17) is 31.2 Å². The van der Waals surface area contributed by atoms with Gasteiger partial charge >= 0.3 is 12.4 Å². The Morgan fingerprint density at radius 1 is 1.02 bits per heavy atom. The monoisotopic (exact) mass is 726 g/mol. The number of rotatable bonds is 1. The predicted molar refractivity (Wildman–Crippen MR) is 156 cm³/mol. The van der Waals surface area contributed by atoms with Crippen molar-refractivity contribution in [1.29, 1.82) is 10.5 Å². The Labute approximate surface area is 257 Å². The van der Waals surface area contributed by atoms with Crippen LogP contribution in [0, 0.1) is 28.9 Å².